The lowest BCUT2D eigenvalue weighted by molar-refractivity contribution is -0.133. The summed E-state index contributed by atoms with van der Waals surface area (Å²) in [5.74, 6) is -0.0727. The van der Waals surface area contributed by atoms with Crippen molar-refractivity contribution in [3.8, 4) is 11.8 Å². The van der Waals surface area contributed by atoms with Crippen LogP contribution < -0.4 is 10.1 Å². The van der Waals surface area contributed by atoms with E-state index in [0.717, 1.165) is 17.0 Å². The number of amides is 2. The minimum Gasteiger partial charge on any atom is -0.495 e. The van der Waals surface area contributed by atoms with Crippen LogP contribution in [0.4, 0.5) is 5.69 Å². The van der Waals surface area contributed by atoms with Crippen LogP contribution in [-0.2, 0) is 16.0 Å². The van der Waals surface area contributed by atoms with Crippen molar-refractivity contribution in [2.45, 2.75) is 26.7 Å². The molecule has 0 saturated heterocycles. The Kier molecular flexibility index (Phi) is 6.95. The number of methoxy groups -OCH3 is 1. The Hall–Kier alpha value is -3.64. The zero-order chi connectivity index (χ0) is 23.4. The van der Waals surface area contributed by atoms with E-state index in [0.29, 0.717) is 34.1 Å². The Bertz CT molecular complexity index is 1230. The highest BCUT2D eigenvalue weighted by Gasteiger charge is 2.18. The molecule has 1 N–H and O–H groups in total. The third-order valence-corrected chi connectivity index (χ3v) is 5.40. The number of anilines is 1. The van der Waals surface area contributed by atoms with Gasteiger partial charge >= 0.3 is 0 Å². The van der Waals surface area contributed by atoms with Gasteiger partial charge in [0.1, 0.15) is 17.4 Å². The van der Waals surface area contributed by atoms with Gasteiger partial charge in [0.15, 0.2) is 5.65 Å². The first-order valence-electron chi connectivity index (χ1n) is 9.86. The molecule has 1 aromatic carbocycles. The maximum atomic E-state index is 12.6. The number of fused-ring (bicyclic) bond motifs is 1. The molecule has 32 heavy (non-hydrogen) atoms. The number of carbonyl (C=O) groups excluding carboxylic acids is 2. The largest absolute Gasteiger partial charge is 0.495 e. The number of carbonyl (C=O) groups is 2. The van der Waals surface area contributed by atoms with Gasteiger partial charge in [0.05, 0.1) is 25.5 Å². The average molecular weight is 455 g/mol. The maximum Gasteiger partial charge on any atom is 0.244 e. The Labute approximate surface area is 190 Å². The van der Waals surface area contributed by atoms with Gasteiger partial charge in [-0.1, -0.05) is 11.6 Å². The molecule has 0 aliphatic rings. The molecule has 2 aromatic heterocycles. The molecule has 2 amide bonds. The smallest absolute Gasteiger partial charge is 0.244 e. The Balaban J connectivity index is 1.63. The fraction of sp³-hybridized carbons (Fsp3) is 0.318. The summed E-state index contributed by atoms with van der Waals surface area (Å²) in [5, 5.41) is 16.6. The van der Waals surface area contributed by atoms with Crippen molar-refractivity contribution < 1.29 is 14.3 Å². The van der Waals surface area contributed by atoms with Gasteiger partial charge in [0.25, 0.3) is 0 Å². The Morgan fingerprint density at radius 2 is 2.09 bits per heavy atom. The summed E-state index contributed by atoms with van der Waals surface area (Å²) in [4.78, 5) is 30.9. The SMILES string of the molecule is COc1ccc(Cl)cc1NC(=O)CN(C)C(=O)CCc1c(C)nc2c(C#N)cnn2c1C. The molecule has 0 radical (unpaired) electrons. The zero-order valence-corrected chi connectivity index (χ0v) is 19.0. The minimum absolute atomic E-state index is 0.117. The van der Waals surface area contributed by atoms with Crippen molar-refractivity contribution in [1.82, 2.24) is 19.5 Å². The van der Waals surface area contributed by atoms with Gasteiger partial charge in [-0.25, -0.2) is 9.50 Å². The zero-order valence-electron chi connectivity index (χ0n) is 18.3. The average Bonchev–Trinajstić information content (AvgIpc) is 3.16. The number of aromatic nitrogens is 3. The lowest BCUT2D eigenvalue weighted by Crippen LogP contribution is -2.35. The normalized spacial score (nSPS) is 10.6. The monoisotopic (exact) mass is 454 g/mol. The number of nitrogens with one attached hydrogen (secondary N) is 1. The molecule has 3 aromatic rings. The highest BCUT2D eigenvalue weighted by atomic mass is 35.5. The molecule has 9 nitrogen and oxygen atoms in total. The van der Waals surface area contributed by atoms with Gasteiger partial charge in [0, 0.05) is 29.9 Å². The maximum absolute atomic E-state index is 12.6. The van der Waals surface area contributed by atoms with Crippen molar-refractivity contribution in [1.29, 1.82) is 5.26 Å². The predicted octanol–water partition coefficient (Wildman–Crippen LogP) is 2.91. The highest BCUT2D eigenvalue weighted by Crippen LogP contribution is 2.27. The van der Waals surface area contributed by atoms with Crippen molar-refractivity contribution in [2.24, 2.45) is 0 Å². The van der Waals surface area contributed by atoms with Gasteiger partial charge in [0.2, 0.25) is 11.8 Å². The number of likely N-dealkylation sites (N-methyl/N-ethyl adjacent to an activating group) is 1. The molecular weight excluding hydrogens is 432 g/mol. The summed E-state index contributed by atoms with van der Waals surface area (Å²) in [5.41, 5.74) is 3.81. The van der Waals surface area contributed by atoms with Crippen LogP contribution in [0.2, 0.25) is 5.02 Å². The number of rotatable bonds is 7. The van der Waals surface area contributed by atoms with E-state index in [-0.39, 0.29) is 24.8 Å². The quantitative estimate of drug-likeness (QED) is 0.587. The van der Waals surface area contributed by atoms with Crippen molar-refractivity contribution >= 4 is 34.7 Å². The first-order valence-corrected chi connectivity index (χ1v) is 10.2. The second-order valence-corrected chi connectivity index (χ2v) is 7.75. The topological polar surface area (TPSA) is 113 Å². The first-order chi connectivity index (χ1) is 15.2. The van der Waals surface area contributed by atoms with Crippen molar-refractivity contribution in [3.05, 3.63) is 51.9 Å². The summed E-state index contributed by atoms with van der Waals surface area (Å²) in [6, 6.07) is 6.97. The lowest BCUT2D eigenvalue weighted by Gasteiger charge is -2.18. The third-order valence-electron chi connectivity index (χ3n) is 5.16. The highest BCUT2D eigenvalue weighted by molar-refractivity contribution is 6.31. The molecule has 0 aliphatic heterocycles. The molecule has 10 heteroatoms. The van der Waals surface area contributed by atoms with Crippen LogP contribution >= 0.6 is 11.6 Å². The molecule has 0 atom stereocenters. The van der Waals surface area contributed by atoms with Gasteiger partial charge < -0.3 is 15.0 Å². The van der Waals surface area contributed by atoms with Crippen LogP contribution in [0.15, 0.2) is 24.4 Å². The standard InChI is InChI=1S/C22H23ClN6O3/c1-13-17(14(2)29-22(26-13)15(10-24)11-25-29)6-8-21(31)28(3)12-20(30)27-18-9-16(23)5-7-19(18)32-4/h5,7,9,11H,6,8,12H2,1-4H3,(H,27,30). The number of ether oxygens (including phenoxy) is 1. The number of hydrogen-bond donors (Lipinski definition) is 1. The van der Waals surface area contributed by atoms with Gasteiger partial charge in [-0.15, -0.1) is 0 Å². The predicted molar refractivity (Wildman–Crippen MR) is 120 cm³/mol. The van der Waals surface area contributed by atoms with Gasteiger partial charge in [-0.05, 0) is 44.0 Å². The van der Waals surface area contributed by atoms with E-state index in [4.69, 9.17) is 16.3 Å². The summed E-state index contributed by atoms with van der Waals surface area (Å²) in [6.07, 6.45) is 2.12. The molecule has 0 bridgehead atoms. The van der Waals surface area contributed by atoms with Crippen LogP contribution in [0.3, 0.4) is 0 Å². The van der Waals surface area contributed by atoms with E-state index in [9.17, 15) is 14.9 Å². The number of aryl methyl sites for hydroxylation is 2. The number of benzene rings is 1. The molecule has 0 unspecified atom stereocenters. The minimum atomic E-state index is -0.363. The molecular formula is C22H23ClN6O3. The Morgan fingerprint density at radius 1 is 1.34 bits per heavy atom. The van der Waals surface area contributed by atoms with Crippen LogP contribution in [0, 0.1) is 25.2 Å². The molecule has 166 valence electrons. The number of nitrogens with zero attached hydrogens (tertiary/aromatic N) is 5. The second-order valence-electron chi connectivity index (χ2n) is 7.31. The third kappa shape index (κ3) is 4.81. The number of halogens is 1. The number of nitriles is 1. The molecule has 0 fully saturated rings. The van der Waals surface area contributed by atoms with Crippen LogP contribution in [0.5, 0.6) is 5.75 Å². The summed E-state index contributed by atoms with van der Waals surface area (Å²) >= 11 is 5.99. The summed E-state index contributed by atoms with van der Waals surface area (Å²) in [6.45, 7) is 3.61. The molecule has 0 spiro atoms. The fourth-order valence-corrected chi connectivity index (χ4v) is 3.62. The molecule has 3 rings (SSSR count). The van der Waals surface area contributed by atoms with E-state index in [1.165, 1.54) is 18.2 Å². The van der Waals surface area contributed by atoms with Gasteiger partial charge in [-0.3, -0.25) is 9.59 Å². The second kappa shape index (κ2) is 9.66. The summed E-state index contributed by atoms with van der Waals surface area (Å²) < 4.78 is 6.83. The van der Waals surface area contributed by atoms with E-state index in [2.05, 4.69) is 21.5 Å². The van der Waals surface area contributed by atoms with Crippen molar-refractivity contribution in [3.63, 3.8) is 0 Å². The van der Waals surface area contributed by atoms with Crippen LogP contribution in [0.1, 0.15) is 28.9 Å². The van der Waals surface area contributed by atoms with Crippen molar-refractivity contribution in [2.75, 3.05) is 26.0 Å². The van der Waals surface area contributed by atoms with E-state index < -0.39 is 0 Å². The van der Waals surface area contributed by atoms with Crippen LogP contribution in [-0.4, -0.2) is 52.0 Å². The Morgan fingerprint density at radius 3 is 2.78 bits per heavy atom. The number of hydrogen-bond acceptors (Lipinski definition) is 6. The van der Waals surface area contributed by atoms with E-state index in [1.54, 1.807) is 29.8 Å². The van der Waals surface area contributed by atoms with E-state index >= 15 is 0 Å². The van der Waals surface area contributed by atoms with E-state index in [1.807, 2.05) is 13.8 Å². The lowest BCUT2D eigenvalue weighted by atomic mass is 10.1. The first kappa shape index (κ1) is 23.0. The summed E-state index contributed by atoms with van der Waals surface area (Å²) in [7, 11) is 3.07. The molecule has 2 heterocycles. The van der Waals surface area contributed by atoms with Crippen LogP contribution in [0.25, 0.3) is 5.65 Å². The fourth-order valence-electron chi connectivity index (χ4n) is 3.45. The van der Waals surface area contributed by atoms with Gasteiger partial charge in [-0.2, -0.15) is 10.4 Å². The molecule has 0 saturated carbocycles. The molecule has 0 aliphatic carbocycles.